The van der Waals surface area contributed by atoms with Gasteiger partial charge in [-0.15, -0.1) is 0 Å². The van der Waals surface area contributed by atoms with Gasteiger partial charge in [0, 0.05) is 5.92 Å². The lowest BCUT2D eigenvalue weighted by atomic mass is 9.80. The van der Waals surface area contributed by atoms with Gasteiger partial charge in [-0.2, -0.15) is 0 Å². The van der Waals surface area contributed by atoms with Crippen molar-refractivity contribution < 1.29 is 0 Å². The maximum Gasteiger partial charge on any atom is 0.0112 e. The molecule has 0 aliphatic rings. The molecule has 112 valence electrons. The second-order valence-electron chi connectivity index (χ2n) is 7.50. The van der Waals surface area contributed by atoms with Crippen LogP contribution in [0.3, 0.4) is 0 Å². The summed E-state index contributed by atoms with van der Waals surface area (Å²) >= 11 is 0. The Labute approximate surface area is 130 Å². The third-order valence-corrected chi connectivity index (χ3v) is 4.24. The fourth-order valence-corrected chi connectivity index (χ4v) is 2.93. The van der Waals surface area contributed by atoms with Crippen LogP contribution in [0.5, 0.6) is 0 Å². The van der Waals surface area contributed by atoms with Crippen LogP contribution in [0.15, 0.2) is 48.5 Å². The molecule has 0 saturated carbocycles. The molecule has 0 radical (unpaired) electrons. The van der Waals surface area contributed by atoms with Crippen LogP contribution < -0.4 is 0 Å². The van der Waals surface area contributed by atoms with Crippen LogP contribution in [0.4, 0.5) is 0 Å². The maximum absolute atomic E-state index is 2.31. The largest absolute Gasteiger partial charge is 0.0619 e. The Balaban J connectivity index is 2.37. The summed E-state index contributed by atoms with van der Waals surface area (Å²) in [5, 5.41) is 0. The molecule has 1 unspecified atom stereocenters. The summed E-state index contributed by atoms with van der Waals surface area (Å²) in [5.74, 6) is 1.06. The minimum atomic E-state index is 0.218. The molecule has 0 N–H and O–H groups in total. The van der Waals surface area contributed by atoms with Crippen LogP contribution in [0, 0.1) is 12.8 Å². The van der Waals surface area contributed by atoms with E-state index in [0.29, 0.717) is 11.8 Å². The van der Waals surface area contributed by atoms with Gasteiger partial charge in [-0.25, -0.2) is 0 Å². The van der Waals surface area contributed by atoms with Crippen molar-refractivity contribution in [2.24, 2.45) is 5.92 Å². The number of hydrogen-bond donors (Lipinski definition) is 0. The van der Waals surface area contributed by atoms with Crippen molar-refractivity contribution in [3.8, 4) is 0 Å². The predicted octanol–water partition coefficient (Wildman–Crippen LogP) is 6.08. The van der Waals surface area contributed by atoms with E-state index in [-0.39, 0.29) is 5.41 Å². The predicted molar refractivity (Wildman–Crippen MR) is 93.0 cm³/mol. The molecule has 0 aliphatic carbocycles. The van der Waals surface area contributed by atoms with Crippen molar-refractivity contribution in [2.45, 2.75) is 52.9 Å². The fraction of sp³-hybridized carbons (Fsp3) is 0.429. The van der Waals surface area contributed by atoms with Crippen LogP contribution in [0.1, 0.15) is 62.8 Å². The quantitative estimate of drug-likeness (QED) is 0.639. The molecular formula is C21H28. The van der Waals surface area contributed by atoms with Crippen molar-refractivity contribution in [3.63, 3.8) is 0 Å². The lowest BCUT2D eigenvalue weighted by molar-refractivity contribution is 0.561. The first kappa shape index (κ1) is 15.8. The van der Waals surface area contributed by atoms with Crippen molar-refractivity contribution in [2.75, 3.05) is 0 Å². The highest BCUT2D eigenvalue weighted by atomic mass is 14.2. The lowest BCUT2D eigenvalue weighted by Gasteiger charge is -2.24. The van der Waals surface area contributed by atoms with E-state index in [2.05, 4.69) is 90.1 Å². The molecule has 2 aromatic carbocycles. The summed E-state index contributed by atoms with van der Waals surface area (Å²) in [4.78, 5) is 0. The number of rotatable bonds is 3. The van der Waals surface area contributed by atoms with E-state index < -0.39 is 0 Å². The maximum atomic E-state index is 2.31. The number of hydrogen-bond acceptors (Lipinski definition) is 0. The number of aryl methyl sites for hydroxylation is 1. The van der Waals surface area contributed by atoms with Gasteiger partial charge in [-0.1, -0.05) is 88.7 Å². The van der Waals surface area contributed by atoms with Crippen molar-refractivity contribution in [1.29, 1.82) is 0 Å². The van der Waals surface area contributed by atoms with Crippen LogP contribution in [0.25, 0.3) is 0 Å². The van der Waals surface area contributed by atoms with Gasteiger partial charge in [0.05, 0.1) is 0 Å². The lowest BCUT2D eigenvalue weighted by Crippen LogP contribution is -2.12. The molecule has 21 heavy (non-hydrogen) atoms. The fourth-order valence-electron chi connectivity index (χ4n) is 2.93. The summed E-state index contributed by atoms with van der Waals surface area (Å²) in [7, 11) is 0. The van der Waals surface area contributed by atoms with E-state index in [1.807, 2.05) is 0 Å². The molecule has 0 heterocycles. The van der Waals surface area contributed by atoms with Gasteiger partial charge in [0.2, 0.25) is 0 Å². The number of benzene rings is 2. The first-order valence-electron chi connectivity index (χ1n) is 7.96. The zero-order valence-electron chi connectivity index (χ0n) is 14.3. The molecule has 1 atom stereocenters. The van der Waals surface area contributed by atoms with Crippen molar-refractivity contribution >= 4 is 0 Å². The van der Waals surface area contributed by atoms with Gasteiger partial charge in [0.15, 0.2) is 0 Å². The Morgan fingerprint density at radius 1 is 0.714 bits per heavy atom. The first-order chi connectivity index (χ1) is 9.79. The van der Waals surface area contributed by atoms with Gasteiger partial charge in [0.25, 0.3) is 0 Å². The zero-order valence-corrected chi connectivity index (χ0v) is 14.3. The summed E-state index contributed by atoms with van der Waals surface area (Å²) in [6.45, 7) is 13.6. The first-order valence-corrected chi connectivity index (χ1v) is 7.96. The molecule has 0 bridgehead atoms. The van der Waals surface area contributed by atoms with Crippen LogP contribution in [-0.2, 0) is 5.41 Å². The minimum absolute atomic E-state index is 0.218. The SMILES string of the molecule is Cc1ccc(C(c2ccc(C(C)(C)C)cc2)C(C)C)cc1. The Morgan fingerprint density at radius 3 is 1.52 bits per heavy atom. The summed E-state index contributed by atoms with van der Waals surface area (Å²) in [6.07, 6.45) is 0. The average Bonchev–Trinajstić information content (AvgIpc) is 2.40. The minimum Gasteiger partial charge on any atom is -0.0619 e. The van der Waals surface area contributed by atoms with Crippen LogP contribution in [0.2, 0.25) is 0 Å². The molecule has 0 amide bonds. The smallest absolute Gasteiger partial charge is 0.0112 e. The van der Waals surface area contributed by atoms with E-state index in [1.54, 1.807) is 0 Å². The van der Waals surface area contributed by atoms with E-state index >= 15 is 0 Å². The van der Waals surface area contributed by atoms with Gasteiger partial charge < -0.3 is 0 Å². The Kier molecular flexibility index (Phi) is 4.56. The molecule has 0 fully saturated rings. The summed E-state index contributed by atoms with van der Waals surface area (Å²) in [6, 6.07) is 18.2. The average molecular weight is 280 g/mol. The molecule has 0 saturated heterocycles. The summed E-state index contributed by atoms with van der Waals surface area (Å²) in [5.41, 5.74) is 5.78. The molecule has 0 nitrogen and oxygen atoms in total. The van der Waals surface area contributed by atoms with Gasteiger partial charge in [-0.3, -0.25) is 0 Å². The van der Waals surface area contributed by atoms with Crippen LogP contribution >= 0.6 is 0 Å². The zero-order chi connectivity index (χ0) is 15.6. The Bertz CT molecular complexity index is 565. The van der Waals surface area contributed by atoms with Crippen LogP contribution in [-0.4, -0.2) is 0 Å². The summed E-state index contributed by atoms with van der Waals surface area (Å²) < 4.78 is 0. The van der Waals surface area contributed by atoms with Gasteiger partial charge in [-0.05, 0) is 34.9 Å². The third kappa shape index (κ3) is 3.75. The topological polar surface area (TPSA) is 0 Å². The molecule has 0 heteroatoms. The van der Waals surface area contributed by atoms with Crippen molar-refractivity contribution in [1.82, 2.24) is 0 Å². The van der Waals surface area contributed by atoms with E-state index in [4.69, 9.17) is 0 Å². The molecule has 0 aliphatic heterocycles. The van der Waals surface area contributed by atoms with E-state index in [9.17, 15) is 0 Å². The second-order valence-corrected chi connectivity index (χ2v) is 7.50. The molecule has 2 rings (SSSR count). The molecular weight excluding hydrogens is 252 g/mol. The highest BCUT2D eigenvalue weighted by Gasteiger charge is 2.19. The molecule has 0 spiro atoms. The monoisotopic (exact) mass is 280 g/mol. The second kappa shape index (κ2) is 6.05. The van der Waals surface area contributed by atoms with Gasteiger partial charge >= 0.3 is 0 Å². The Morgan fingerprint density at radius 2 is 1.14 bits per heavy atom. The van der Waals surface area contributed by atoms with Crippen molar-refractivity contribution in [3.05, 3.63) is 70.8 Å². The van der Waals surface area contributed by atoms with E-state index in [1.165, 1.54) is 22.3 Å². The third-order valence-electron chi connectivity index (χ3n) is 4.24. The van der Waals surface area contributed by atoms with Gasteiger partial charge in [0.1, 0.15) is 0 Å². The Hall–Kier alpha value is -1.56. The highest BCUT2D eigenvalue weighted by molar-refractivity contribution is 5.37. The normalized spacial score (nSPS) is 13.5. The highest BCUT2D eigenvalue weighted by Crippen LogP contribution is 2.33. The molecule has 0 aromatic heterocycles. The van der Waals surface area contributed by atoms with E-state index in [0.717, 1.165) is 0 Å². The molecule has 2 aromatic rings. The standard InChI is InChI=1S/C21H28/c1-15(2)20(17-9-7-16(3)8-10-17)18-11-13-19(14-12-18)21(4,5)6/h7-15,20H,1-6H3.